The second-order valence-electron chi connectivity index (χ2n) is 5.04. The van der Waals surface area contributed by atoms with Crippen LogP contribution in [0.25, 0.3) is 0 Å². The lowest BCUT2D eigenvalue weighted by molar-refractivity contribution is 0.0942. The second kappa shape index (κ2) is 6.49. The van der Waals surface area contributed by atoms with Crippen LogP contribution in [0.2, 0.25) is 0 Å². The van der Waals surface area contributed by atoms with E-state index in [1.54, 1.807) is 18.2 Å². The molecule has 5 heteroatoms. The van der Waals surface area contributed by atoms with Crippen molar-refractivity contribution in [1.29, 1.82) is 0 Å². The molecule has 0 fully saturated rings. The Hall–Kier alpha value is -2.53. The molecule has 5 nitrogen and oxygen atoms in total. The van der Waals surface area contributed by atoms with E-state index in [9.17, 15) is 9.90 Å². The van der Waals surface area contributed by atoms with Gasteiger partial charge >= 0.3 is 0 Å². The number of rotatable bonds is 5. The van der Waals surface area contributed by atoms with Crippen molar-refractivity contribution in [2.24, 2.45) is 0 Å². The number of hydrogen-bond acceptors (Lipinski definition) is 4. The third-order valence-corrected chi connectivity index (χ3v) is 3.52. The van der Waals surface area contributed by atoms with E-state index in [1.165, 1.54) is 0 Å². The molecule has 2 aromatic rings. The SMILES string of the molecule is O=C(NCCC(O)c1ccccc1)c1ccc2c(c1)OCO2. The predicted molar refractivity (Wildman–Crippen MR) is 80.9 cm³/mol. The summed E-state index contributed by atoms with van der Waals surface area (Å²) < 4.78 is 10.5. The van der Waals surface area contributed by atoms with E-state index in [0.717, 1.165) is 5.56 Å². The van der Waals surface area contributed by atoms with Crippen molar-refractivity contribution in [2.45, 2.75) is 12.5 Å². The molecule has 0 radical (unpaired) electrons. The highest BCUT2D eigenvalue weighted by Crippen LogP contribution is 2.32. The average Bonchev–Trinajstić information content (AvgIpc) is 3.03. The number of carbonyl (C=O) groups is 1. The van der Waals surface area contributed by atoms with Crippen molar-refractivity contribution < 1.29 is 19.4 Å². The van der Waals surface area contributed by atoms with Crippen molar-refractivity contribution in [1.82, 2.24) is 5.32 Å². The Balaban J connectivity index is 1.52. The van der Waals surface area contributed by atoms with E-state index in [-0.39, 0.29) is 12.7 Å². The minimum atomic E-state index is -0.585. The smallest absolute Gasteiger partial charge is 0.251 e. The average molecular weight is 299 g/mol. The van der Waals surface area contributed by atoms with Crippen molar-refractivity contribution in [2.75, 3.05) is 13.3 Å². The zero-order valence-corrected chi connectivity index (χ0v) is 12.0. The zero-order valence-electron chi connectivity index (χ0n) is 12.0. The van der Waals surface area contributed by atoms with Gasteiger partial charge in [0.15, 0.2) is 11.5 Å². The van der Waals surface area contributed by atoms with Crippen LogP contribution in [-0.2, 0) is 0 Å². The van der Waals surface area contributed by atoms with E-state index in [0.29, 0.717) is 30.0 Å². The Morgan fingerprint density at radius 2 is 1.91 bits per heavy atom. The molecule has 0 bridgehead atoms. The van der Waals surface area contributed by atoms with Crippen LogP contribution >= 0.6 is 0 Å². The van der Waals surface area contributed by atoms with Gasteiger partial charge in [0.1, 0.15) is 0 Å². The predicted octanol–water partition coefficient (Wildman–Crippen LogP) is 2.27. The number of nitrogens with one attached hydrogen (secondary N) is 1. The minimum absolute atomic E-state index is 0.184. The van der Waals surface area contributed by atoms with Gasteiger partial charge in [-0.3, -0.25) is 4.79 Å². The summed E-state index contributed by atoms with van der Waals surface area (Å²) in [5.41, 5.74) is 1.36. The van der Waals surface area contributed by atoms with Gasteiger partial charge in [-0.25, -0.2) is 0 Å². The molecule has 1 aliphatic rings. The molecule has 22 heavy (non-hydrogen) atoms. The summed E-state index contributed by atoms with van der Waals surface area (Å²) in [6.07, 6.45) is -0.126. The molecule has 0 aliphatic carbocycles. The first-order chi connectivity index (χ1) is 10.7. The summed E-state index contributed by atoms with van der Waals surface area (Å²) in [7, 11) is 0. The van der Waals surface area contributed by atoms with E-state index in [4.69, 9.17) is 9.47 Å². The van der Waals surface area contributed by atoms with Crippen molar-refractivity contribution >= 4 is 5.91 Å². The lowest BCUT2D eigenvalue weighted by atomic mass is 10.1. The first-order valence-electron chi connectivity index (χ1n) is 7.15. The molecule has 1 unspecified atom stereocenters. The van der Waals surface area contributed by atoms with Crippen LogP contribution in [0.15, 0.2) is 48.5 Å². The molecule has 2 N–H and O–H groups in total. The van der Waals surface area contributed by atoms with Crippen LogP contribution in [-0.4, -0.2) is 24.4 Å². The van der Waals surface area contributed by atoms with Gasteiger partial charge in [-0.2, -0.15) is 0 Å². The summed E-state index contributed by atoms with van der Waals surface area (Å²) in [6, 6.07) is 14.5. The summed E-state index contributed by atoms with van der Waals surface area (Å²) in [4.78, 5) is 12.1. The highest BCUT2D eigenvalue weighted by molar-refractivity contribution is 5.94. The lowest BCUT2D eigenvalue weighted by Crippen LogP contribution is -2.25. The van der Waals surface area contributed by atoms with Crippen LogP contribution in [0.1, 0.15) is 28.4 Å². The number of benzene rings is 2. The first-order valence-corrected chi connectivity index (χ1v) is 7.15. The monoisotopic (exact) mass is 299 g/mol. The maximum atomic E-state index is 12.1. The molecule has 3 rings (SSSR count). The molecular formula is C17H17NO4. The molecule has 2 aromatic carbocycles. The topological polar surface area (TPSA) is 67.8 Å². The Labute approximate surface area is 128 Å². The van der Waals surface area contributed by atoms with Crippen LogP contribution in [0.3, 0.4) is 0 Å². The van der Waals surface area contributed by atoms with Gasteiger partial charge in [0, 0.05) is 12.1 Å². The van der Waals surface area contributed by atoms with E-state index < -0.39 is 6.10 Å². The van der Waals surface area contributed by atoms with Crippen LogP contribution in [0.5, 0.6) is 11.5 Å². The number of fused-ring (bicyclic) bond motifs is 1. The standard InChI is InChI=1S/C17H17NO4/c19-14(12-4-2-1-3-5-12)8-9-18-17(20)13-6-7-15-16(10-13)22-11-21-15/h1-7,10,14,19H,8-9,11H2,(H,18,20). The number of hydrogen-bond donors (Lipinski definition) is 2. The highest BCUT2D eigenvalue weighted by atomic mass is 16.7. The van der Waals surface area contributed by atoms with Gasteiger partial charge in [0.2, 0.25) is 6.79 Å². The summed E-state index contributed by atoms with van der Waals surface area (Å²) in [6.45, 7) is 0.576. The van der Waals surface area contributed by atoms with Crippen molar-refractivity contribution in [3.05, 3.63) is 59.7 Å². The highest BCUT2D eigenvalue weighted by Gasteiger charge is 2.16. The van der Waals surface area contributed by atoms with Gasteiger partial charge in [0.05, 0.1) is 6.10 Å². The third kappa shape index (κ3) is 3.20. The molecule has 0 spiro atoms. The number of amides is 1. The molecule has 114 valence electrons. The summed E-state index contributed by atoms with van der Waals surface area (Å²) >= 11 is 0. The fourth-order valence-electron chi connectivity index (χ4n) is 2.30. The molecule has 1 atom stereocenters. The number of ether oxygens (including phenoxy) is 2. The van der Waals surface area contributed by atoms with Gasteiger partial charge in [-0.15, -0.1) is 0 Å². The van der Waals surface area contributed by atoms with E-state index >= 15 is 0 Å². The Morgan fingerprint density at radius 3 is 2.73 bits per heavy atom. The maximum absolute atomic E-state index is 12.1. The quantitative estimate of drug-likeness (QED) is 0.888. The molecule has 1 heterocycles. The molecular weight excluding hydrogens is 282 g/mol. The van der Waals surface area contributed by atoms with E-state index in [1.807, 2.05) is 30.3 Å². The van der Waals surface area contributed by atoms with Gasteiger partial charge in [0.25, 0.3) is 5.91 Å². The van der Waals surface area contributed by atoms with Gasteiger partial charge in [-0.05, 0) is 30.2 Å². The molecule has 1 amide bonds. The second-order valence-corrected chi connectivity index (χ2v) is 5.04. The largest absolute Gasteiger partial charge is 0.454 e. The summed E-state index contributed by atoms with van der Waals surface area (Å²) in [5, 5.41) is 12.8. The fourth-order valence-corrected chi connectivity index (χ4v) is 2.30. The number of aliphatic hydroxyl groups excluding tert-OH is 1. The van der Waals surface area contributed by atoms with Crippen LogP contribution in [0, 0.1) is 0 Å². The fraction of sp³-hybridized carbons (Fsp3) is 0.235. The zero-order chi connectivity index (χ0) is 15.4. The molecule has 0 aromatic heterocycles. The molecule has 0 saturated carbocycles. The normalized spacial score (nSPS) is 13.7. The lowest BCUT2D eigenvalue weighted by Gasteiger charge is -2.11. The third-order valence-electron chi connectivity index (χ3n) is 3.52. The number of carbonyl (C=O) groups excluding carboxylic acids is 1. The number of aliphatic hydroxyl groups is 1. The minimum Gasteiger partial charge on any atom is -0.454 e. The van der Waals surface area contributed by atoms with Crippen LogP contribution < -0.4 is 14.8 Å². The Kier molecular flexibility index (Phi) is 4.25. The van der Waals surface area contributed by atoms with Crippen LogP contribution in [0.4, 0.5) is 0 Å². The molecule has 0 saturated heterocycles. The Bertz CT molecular complexity index is 657. The van der Waals surface area contributed by atoms with Gasteiger partial charge in [-0.1, -0.05) is 30.3 Å². The summed E-state index contributed by atoms with van der Waals surface area (Å²) in [5.74, 6) is 1.03. The van der Waals surface area contributed by atoms with E-state index in [2.05, 4.69) is 5.32 Å². The molecule has 1 aliphatic heterocycles. The maximum Gasteiger partial charge on any atom is 0.251 e. The first kappa shape index (κ1) is 14.4. The van der Waals surface area contributed by atoms with Crippen molar-refractivity contribution in [3.8, 4) is 11.5 Å². The Morgan fingerprint density at radius 1 is 1.14 bits per heavy atom. The van der Waals surface area contributed by atoms with Crippen molar-refractivity contribution in [3.63, 3.8) is 0 Å². The van der Waals surface area contributed by atoms with Gasteiger partial charge < -0.3 is 19.9 Å².